The zero-order chi connectivity index (χ0) is 17.1. The summed E-state index contributed by atoms with van der Waals surface area (Å²) < 4.78 is 10.6. The van der Waals surface area contributed by atoms with Gasteiger partial charge in [-0.1, -0.05) is 57.3 Å². The minimum Gasteiger partial charge on any atom is -0.359 e. The molecule has 0 N–H and O–H groups in total. The van der Waals surface area contributed by atoms with Crippen LogP contribution in [0.25, 0.3) is 22.1 Å². The van der Waals surface area contributed by atoms with E-state index in [9.17, 15) is 10.4 Å². The number of nitrogens with zero attached hydrogens (tertiary/aromatic N) is 4. The van der Waals surface area contributed by atoms with Crippen molar-refractivity contribution in [2.75, 3.05) is 0 Å². The van der Waals surface area contributed by atoms with E-state index in [0.29, 0.717) is 31.9 Å². The van der Waals surface area contributed by atoms with E-state index in [1.165, 1.54) is 0 Å². The summed E-state index contributed by atoms with van der Waals surface area (Å²) in [7, 11) is 0. The fraction of sp³-hybridized carbons (Fsp3) is 0.143. The lowest BCUT2D eigenvalue weighted by molar-refractivity contribution is -0.782. The fourth-order valence-electron chi connectivity index (χ4n) is 2.01. The molecule has 2 heterocycles. The second kappa shape index (κ2) is 7.46. The molecule has 24 heavy (non-hydrogen) atoms. The molecule has 0 atom stereocenters. The Balaban J connectivity index is 0.000000141. The molecule has 0 unspecified atom stereocenters. The standard InChI is InChI=1S/2C7H5IN2O2/c8-4-5-1-2-7-6(3-5)9-12-10(7)11;8-4-5-1-2-6-7(3-5)10(11)12-9-6/h2*1-3H,4H2. The Morgan fingerprint density at radius 3 is 2.08 bits per heavy atom. The van der Waals surface area contributed by atoms with E-state index >= 15 is 0 Å². The molecule has 0 aliphatic rings. The Morgan fingerprint density at radius 1 is 0.792 bits per heavy atom. The Labute approximate surface area is 162 Å². The molecular formula is C14H10I2N4O4. The van der Waals surface area contributed by atoms with E-state index in [2.05, 4.69) is 64.8 Å². The zero-order valence-corrected chi connectivity index (χ0v) is 16.4. The predicted molar refractivity (Wildman–Crippen MR) is 101 cm³/mol. The third-order valence-electron chi connectivity index (χ3n) is 3.21. The minimum atomic E-state index is 0.409. The number of rotatable bonds is 2. The van der Waals surface area contributed by atoms with Crippen molar-refractivity contribution in [3.05, 3.63) is 57.9 Å². The Bertz CT molecular complexity index is 985. The average molecular weight is 552 g/mol. The van der Waals surface area contributed by atoms with Crippen molar-refractivity contribution in [1.82, 2.24) is 10.3 Å². The van der Waals surface area contributed by atoms with E-state index in [1.54, 1.807) is 18.2 Å². The fourth-order valence-corrected chi connectivity index (χ4v) is 2.95. The molecule has 0 bridgehead atoms. The zero-order valence-electron chi connectivity index (χ0n) is 12.1. The van der Waals surface area contributed by atoms with Gasteiger partial charge in [0.05, 0.1) is 0 Å². The van der Waals surface area contributed by atoms with Gasteiger partial charge in [-0.25, -0.2) is 0 Å². The van der Waals surface area contributed by atoms with Crippen molar-refractivity contribution >= 4 is 67.2 Å². The first-order valence-corrected chi connectivity index (χ1v) is 9.76. The summed E-state index contributed by atoms with van der Waals surface area (Å²) in [6, 6.07) is 10.9. The highest BCUT2D eigenvalue weighted by molar-refractivity contribution is 14.1. The summed E-state index contributed by atoms with van der Waals surface area (Å²) in [5, 5.41) is 29.0. The molecule has 0 fully saturated rings. The number of fused-ring (bicyclic) bond motifs is 2. The second-order valence-electron chi connectivity index (χ2n) is 4.77. The second-order valence-corrected chi connectivity index (χ2v) is 6.30. The van der Waals surface area contributed by atoms with Crippen LogP contribution in [0.1, 0.15) is 11.1 Å². The van der Waals surface area contributed by atoms with Crippen LogP contribution >= 0.6 is 45.2 Å². The number of alkyl halides is 2. The highest BCUT2D eigenvalue weighted by atomic mass is 127. The summed E-state index contributed by atoms with van der Waals surface area (Å²) in [6.07, 6.45) is 0. The van der Waals surface area contributed by atoms with Gasteiger partial charge >= 0.3 is 0 Å². The van der Waals surface area contributed by atoms with E-state index < -0.39 is 0 Å². The topological polar surface area (TPSA) is 106 Å². The van der Waals surface area contributed by atoms with Crippen molar-refractivity contribution in [2.45, 2.75) is 8.86 Å². The van der Waals surface area contributed by atoms with Gasteiger partial charge < -0.3 is 10.4 Å². The lowest BCUT2D eigenvalue weighted by Crippen LogP contribution is -2.22. The van der Waals surface area contributed by atoms with Crippen LogP contribution in [0, 0.1) is 10.4 Å². The molecule has 0 saturated heterocycles. The minimum absolute atomic E-state index is 0.409. The van der Waals surface area contributed by atoms with Crippen LogP contribution in [0.15, 0.2) is 45.7 Å². The third-order valence-corrected chi connectivity index (χ3v) is 4.97. The molecule has 4 aromatic rings. The summed E-state index contributed by atoms with van der Waals surface area (Å²) >= 11 is 4.48. The molecule has 8 nitrogen and oxygen atoms in total. The highest BCUT2D eigenvalue weighted by Crippen LogP contribution is 2.13. The SMILES string of the molecule is [O-][n+]1onc2cc(CI)ccc21.[O-][n+]1onc2ccc(CI)cc21. The van der Waals surface area contributed by atoms with Crippen LogP contribution in [0.3, 0.4) is 0 Å². The molecule has 124 valence electrons. The van der Waals surface area contributed by atoms with Gasteiger partial charge in [0.15, 0.2) is 0 Å². The Kier molecular flexibility index (Phi) is 5.33. The maximum absolute atomic E-state index is 10.9. The van der Waals surface area contributed by atoms with Gasteiger partial charge in [0.2, 0.25) is 22.1 Å². The van der Waals surface area contributed by atoms with Crippen LogP contribution in [-0.4, -0.2) is 10.3 Å². The van der Waals surface area contributed by atoms with Gasteiger partial charge in [-0.15, -0.1) is 0 Å². The van der Waals surface area contributed by atoms with Crippen LogP contribution < -0.4 is 9.81 Å². The van der Waals surface area contributed by atoms with Crippen molar-refractivity contribution in [3.63, 3.8) is 0 Å². The maximum atomic E-state index is 10.9. The smallest absolute Gasteiger partial charge is 0.248 e. The van der Waals surface area contributed by atoms with Gasteiger partial charge in [-0.05, 0) is 39.1 Å². The molecular weight excluding hydrogens is 542 g/mol. The predicted octanol–water partition coefficient (Wildman–Crippen LogP) is 2.79. The van der Waals surface area contributed by atoms with Gasteiger partial charge in [0.25, 0.3) is 0 Å². The molecule has 4 rings (SSSR count). The van der Waals surface area contributed by atoms with Crippen molar-refractivity contribution in [2.24, 2.45) is 0 Å². The molecule has 0 saturated carbocycles. The van der Waals surface area contributed by atoms with Crippen LogP contribution in [-0.2, 0) is 8.86 Å². The molecule has 0 aliphatic carbocycles. The molecule has 10 heteroatoms. The van der Waals surface area contributed by atoms with Crippen molar-refractivity contribution in [3.8, 4) is 0 Å². The van der Waals surface area contributed by atoms with Gasteiger partial charge in [0, 0.05) is 25.2 Å². The quantitative estimate of drug-likeness (QED) is 0.215. The first-order chi connectivity index (χ1) is 11.6. The molecule has 2 aromatic heterocycles. The third kappa shape index (κ3) is 3.53. The molecule has 0 spiro atoms. The first-order valence-electron chi connectivity index (χ1n) is 6.71. The number of aromatic nitrogens is 4. The average Bonchev–Trinajstić information content (AvgIpc) is 3.18. The number of halogens is 2. The molecule has 0 radical (unpaired) electrons. The van der Waals surface area contributed by atoms with E-state index in [4.69, 9.17) is 0 Å². The van der Waals surface area contributed by atoms with Gasteiger partial charge in [0.1, 0.15) is 0 Å². The molecule has 0 aliphatic heterocycles. The normalized spacial score (nSPS) is 10.8. The number of benzene rings is 2. The summed E-state index contributed by atoms with van der Waals surface area (Å²) in [5.41, 5.74) is 4.40. The largest absolute Gasteiger partial charge is 0.359 e. The molecule has 2 aromatic carbocycles. The summed E-state index contributed by atoms with van der Waals surface area (Å²) in [4.78, 5) is 0.831. The van der Waals surface area contributed by atoms with Crippen molar-refractivity contribution < 1.29 is 19.1 Å². The molecule has 0 amide bonds. The van der Waals surface area contributed by atoms with E-state index in [-0.39, 0.29) is 0 Å². The van der Waals surface area contributed by atoms with Gasteiger partial charge in [-0.3, -0.25) is 9.26 Å². The Hall–Kier alpha value is -1.70. The van der Waals surface area contributed by atoms with Gasteiger partial charge in [-0.2, -0.15) is 0 Å². The summed E-state index contributed by atoms with van der Waals surface area (Å²) in [6.45, 7) is 0. The highest BCUT2D eigenvalue weighted by Gasteiger charge is 2.09. The Morgan fingerprint density at radius 2 is 1.38 bits per heavy atom. The number of hydrogen-bond acceptors (Lipinski definition) is 6. The van der Waals surface area contributed by atoms with E-state index in [0.717, 1.165) is 20.0 Å². The first kappa shape index (κ1) is 17.1. The van der Waals surface area contributed by atoms with Crippen molar-refractivity contribution in [1.29, 1.82) is 0 Å². The number of hydrogen-bond donors (Lipinski definition) is 0. The lowest BCUT2D eigenvalue weighted by atomic mass is 10.2. The maximum Gasteiger partial charge on any atom is 0.248 e. The van der Waals surface area contributed by atoms with Crippen LogP contribution in [0.4, 0.5) is 0 Å². The monoisotopic (exact) mass is 552 g/mol. The van der Waals surface area contributed by atoms with Crippen LogP contribution in [0.2, 0.25) is 0 Å². The van der Waals surface area contributed by atoms with E-state index in [1.807, 2.05) is 18.2 Å². The lowest BCUT2D eigenvalue weighted by Gasteiger charge is -1.91. The summed E-state index contributed by atoms with van der Waals surface area (Å²) in [5.74, 6) is 0. The van der Waals surface area contributed by atoms with Crippen LogP contribution in [0.5, 0.6) is 0 Å².